The van der Waals surface area contributed by atoms with Crippen molar-refractivity contribution >= 4 is 30.4 Å². The van der Waals surface area contributed by atoms with Gasteiger partial charge in [0.25, 0.3) is 0 Å². The molecule has 17 heavy (non-hydrogen) atoms. The maximum absolute atomic E-state index is 11.5. The molecule has 0 radical (unpaired) electrons. The number of carbonyl (C=O) groups is 3. The van der Waals surface area contributed by atoms with Crippen LogP contribution in [-0.4, -0.2) is 46.8 Å². The van der Waals surface area contributed by atoms with E-state index in [1.165, 1.54) is 13.8 Å². The summed E-state index contributed by atoms with van der Waals surface area (Å²) in [6.07, 6.45) is 0. The fraction of sp³-hybridized carbons (Fsp3) is 0.667. The summed E-state index contributed by atoms with van der Waals surface area (Å²) in [5.41, 5.74) is 5.40. The summed E-state index contributed by atoms with van der Waals surface area (Å²) in [4.78, 5) is 33.3. The van der Waals surface area contributed by atoms with Crippen molar-refractivity contribution in [3.63, 3.8) is 0 Å². The Morgan fingerprint density at radius 3 is 2.06 bits per heavy atom. The molecule has 0 unspecified atom stereocenters. The lowest BCUT2D eigenvalue weighted by atomic mass is 10.2. The number of aliphatic carboxylic acids is 1. The van der Waals surface area contributed by atoms with Crippen LogP contribution >= 0.6 is 12.6 Å². The summed E-state index contributed by atoms with van der Waals surface area (Å²) in [6.45, 7) is 2.77. The third-order valence-corrected chi connectivity index (χ3v) is 2.41. The van der Waals surface area contributed by atoms with Gasteiger partial charge in [-0.05, 0) is 13.8 Å². The first-order valence-corrected chi connectivity index (χ1v) is 5.62. The molecule has 0 aromatic heterocycles. The molecule has 0 spiro atoms. The molecule has 0 fully saturated rings. The van der Waals surface area contributed by atoms with Crippen molar-refractivity contribution in [2.45, 2.75) is 32.0 Å². The lowest BCUT2D eigenvalue weighted by Crippen LogP contribution is -2.53. The third-order valence-electron chi connectivity index (χ3n) is 2.01. The van der Waals surface area contributed by atoms with Crippen LogP contribution in [0.1, 0.15) is 13.8 Å². The van der Waals surface area contributed by atoms with Crippen LogP contribution in [0.15, 0.2) is 0 Å². The molecular formula is C9H17N3O4S. The summed E-state index contributed by atoms with van der Waals surface area (Å²) in [5.74, 6) is -2.08. The van der Waals surface area contributed by atoms with E-state index in [9.17, 15) is 14.4 Å². The first kappa shape index (κ1) is 15.7. The lowest BCUT2D eigenvalue weighted by Gasteiger charge is -2.17. The minimum Gasteiger partial charge on any atom is -0.480 e. The molecule has 0 aromatic carbocycles. The van der Waals surface area contributed by atoms with E-state index in [1.807, 2.05) is 0 Å². The van der Waals surface area contributed by atoms with E-state index in [4.69, 9.17) is 10.8 Å². The Kier molecular flexibility index (Phi) is 6.59. The fourth-order valence-corrected chi connectivity index (χ4v) is 1.03. The van der Waals surface area contributed by atoms with Gasteiger partial charge in [0.1, 0.15) is 12.1 Å². The van der Waals surface area contributed by atoms with Crippen molar-refractivity contribution in [1.29, 1.82) is 0 Å². The largest absolute Gasteiger partial charge is 0.480 e. The Hall–Kier alpha value is -1.28. The summed E-state index contributed by atoms with van der Waals surface area (Å²) in [6, 6.07) is -2.67. The molecule has 0 heterocycles. The first-order valence-electron chi connectivity index (χ1n) is 4.99. The quantitative estimate of drug-likeness (QED) is 0.367. The van der Waals surface area contributed by atoms with Gasteiger partial charge in [-0.1, -0.05) is 0 Å². The van der Waals surface area contributed by atoms with Gasteiger partial charge in [0.2, 0.25) is 11.8 Å². The van der Waals surface area contributed by atoms with Gasteiger partial charge < -0.3 is 21.5 Å². The Morgan fingerprint density at radius 2 is 1.65 bits per heavy atom. The monoisotopic (exact) mass is 263 g/mol. The number of rotatable bonds is 6. The zero-order chi connectivity index (χ0) is 13.6. The van der Waals surface area contributed by atoms with Gasteiger partial charge in [0.15, 0.2) is 0 Å². The van der Waals surface area contributed by atoms with E-state index in [0.29, 0.717) is 0 Å². The Morgan fingerprint density at radius 1 is 1.18 bits per heavy atom. The van der Waals surface area contributed by atoms with Gasteiger partial charge in [-0.15, -0.1) is 0 Å². The average molecular weight is 263 g/mol. The average Bonchev–Trinajstić information content (AvgIpc) is 2.27. The molecule has 98 valence electrons. The second-order valence-corrected chi connectivity index (χ2v) is 3.95. The standard InChI is InChI=1S/C9H17N3O4S/c1-4(11-8(14)6(10)3-17)7(13)12-5(2)9(15)16/h4-6,17H,3,10H2,1-2H3,(H,11,14)(H,12,13)(H,15,16)/t4-,5-,6-/m1/s1. The van der Waals surface area contributed by atoms with Crippen LogP contribution in [-0.2, 0) is 14.4 Å². The van der Waals surface area contributed by atoms with E-state index < -0.39 is 35.9 Å². The topological polar surface area (TPSA) is 122 Å². The van der Waals surface area contributed by atoms with E-state index >= 15 is 0 Å². The number of carbonyl (C=O) groups excluding carboxylic acids is 2. The zero-order valence-corrected chi connectivity index (χ0v) is 10.5. The number of carboxylic acid groups (broad SMARTS) is 1. The Labute approximate surface area is 105 Å². The van der Waals surface area contributed by atoms with E-state index in [1.54, 1.807) is 0 Å². The highest BCUT2D eigenvalue weighted by Gasteiger charge is 2.22. The van der Waals surface area contributed by atoms with Crippen LogP contribution in [0, 0.1) is 0 Å². The molecule has 0 saturated carbocycles. The van der Waals surface area contributed by atoms with Gasteiger partial charge in [0.05, 0.1) is 6.04 Å². The van der Waals surface area contributed by atoms with Gasteiger partial charge in [-0.3, -0.25) is 14.4 Å². The predicted molar refractivity (Wildman–Crippen MR) is 64.7 cm³/mol. The fourth-order valence-electron chi connectivity index (χ4n) is 0.869. The first-order chi connectivity index (χ1) is 7.79. The highest BCUT2D eigenvalue weighted by atomic mass is 32.1. The molecular weight excluding hydrogens is 246 g/mol. The number of amides is 2. The molecule has 8 heteroatoms. The molecule has 0 aliphatic rings. The Bertz CT molecular complexity index is 311. The molecule has 0 bridgehead atoms. The molecule has 0 rings (SSSR count). The number of nitrogens with one attached hydrogen (secondary N) is 2. The summed E-state index contributed by atoms with van der Waals surface area (Å²) >= 11 is 3.85. The number of nitrogens with two attached hydrogens (primary N) is 1. The lowest BCUT2D eigenvalue weighted by molar-refractivity contribution is -0.141. The summed E-state index contributed by atoms with van der Waals surface area (Å²) in [7, 11) is 0. The van der Waals surface area contributed by atoms with Crippen molar-refractivity contribution in [1.82, 2.24) is 10.6 Å². The molecule has 0 aliphatic heterocycles. The second-order valence-electron chi connectivity index (χ2n) is 3.59. The van der Waals surface area contributed by atoms with Gasteiger partial charge in [-0.25, -0.2) is 0 Å². The van der Waals surface area contributed by atoms with E-state index in [2.05, 4.69) is 23.3 Å². The van der Waals surface area contributed by atoms with Crippen molar-refractivity contribution in [3.8, 4) is 0 Å². The van der Waals surface area contributed by atoms with Gasteiger partial charge in [-0.2, -0.15) is 12.6 Å². The van der Waals surface area contributed by atoms with Gasteiger partial charge >= 0.3 is 5.97 Å². The summed E-state index contributed by atoms with van der Waals surface area (Å²) < 4.78 is 0. The van der Waals surface area contributed by atoms with E-state index in [0.717, 1.165) is 0 Å². The number of hydrogen-bond donors (Lipinski definition) is 5. The third kappa shape index (κ3) is 5.55. The molecule has 7 nitrogen and oxygen atoms in total. The predicted octanol–water partition coefficient (Wildman–Crippen LogP) is -1.66. The van der Waals surface area contributed by atoms with Crippen LogP contribution in [0.2, 0.25) is 0 Å². The maximum Gasteiger partial charge on any atom is 0.325 e. The van der Waals surface area contributed by atoms with Crippen LogP contribution < -0.4 is 16.4 Å². The van der Waals surface area contributed by atoms with Crippen LogP contribution in [0.4, 0.5) is 0 Å². The van der Waals surface area contributed by atoms with Crippen molar-refractivity contribution < 1.29 is 19.5 Å². The smallest absolute Gasteiger partial charge is 0.325 e. The molecule has 0 saturated heterocycles. The molecule has 0 aliphatic carbocycles. The minimum absolute atomic E-state index is 0.158. The van der Waals surface area contributed by atoms with Crippen LogP contribution in [0.25, 0.3) is 0 Å². The number of thiol groups is 1. The maximum atomic E-state index is 11.5. The highest BCUT2D eigenvalue weighted by Crippen LogP contribution is 1.90. The van der Waals surface area contributed by atoms with Crippen molar-refractivity contribution in [2.24, 2.45) is 5.73 Å². The second kappa shape index (κ2) is 7.13. The molecule has 5 N–H and O–H groups in total. The number of hydrogen-bond acceptors (Lipinski definition) is 5. The highest BCUT2D eigenvalue weighted by molar-refractivity contribution is 7.80. The molecule has 2 amide bonds. The Balaban J connectivity index is 4.23. The normalized spacial score (nSPS) is 15.5. The summed E-state index contributed by atoms with van der Waals surface area (Å²) in [5, 5.41) is 13.2. The van der Waals surface area contributed by atoms with E-state index in [-0.39, 0.29) is 5.75 Å². The van der Waals surface area contributed by atoms with Crippen molar-refractivity contribution in [2.75, 3.05) is 5.75 Å². The van der Waals surface area contributed by atoms with Gasteiger partial charge in [0, 0.05) is 5.75 Å². The van der Waals surface area contributed by atoms with Crippen LogP contribution in [0.3, 0.4) is 0 Å². The zero-order valence-electron chi connectivity index (χ0n) is 9.64. The number of carboxylic acids is 1. The molecule has 0 aromatic rings. The minimum atomic E-state index is -1.15. The SMILES string of the molecule is C[C@@H](NC(=O)[C@@H](C)NC(=O)[C@H](N)CS)C(=O)O. The molecule has 3 atom stereocenters. The van der Waals surface area contributed by atoms with Crippen molar-refractivity contribution in [3.05, 3.63) is 0 Å². The van der Waals surface area contributed by atoms with Crippen LogP contribution in [0.5, 0.6) is 0 Å².